The van der Waals surface area contributed by atoms with Gasteiger partial charge < -0.3 is 10.1 Å². The van der Waals surface area contributed by atoms with Crippen molar-refractivity contribution < 1.29 is 19.1 Å². The molecule has 32 heavy (non-hydrogen) atoms. The Kier molecular flexibility index (Phi) is 9.71. The molecule has 0 saturated heterocycles. The zero-order valence-electron chi connectivity index (χ0n) is 18.9. The van der Waals surface area contributed by atoms with Gasteiger partial charge >= 0.3 is 0 Å². The van der Waals surface area contributed by atoms with Crippen molar-refractivity contribution in [2.45, 2.75) is 47.0 Å². The Morgan fingerprint density at radius 3 is 2.34 bits per heavy atom. The Morgan fingerprint density at radius 2 is 1.66 bits per heavy atom. The van der Waals surface area contributed by atoms with Gasteiger partial charge in [-0.05, 0) is 67.6 Å². The van der Waals surface area contributed by atoms with Gasteiger partial charge in [0.2, 0.25) is 11.8 Å². The number of hydrogen-bond acceptors (Lipinski definition) is 4. The highest BCUT2D eigenvalue weighted by atomic mass is 79.9. The molecule has 2 rings (SSSR count). The molecule has 3 amide bonds. The number of aryl methyl sites for hydroxylation is 2. The fourth-order valence-electron chi connectivity index (χ4n) is 2.74. The summed E-state index contributed by atoms with van der Waals surface area (Å²) in [6, 6.07) is 10.7. The van der Waals surface area contributed by atoms with E-state index in [1.165, 1.54) is 0 Å². The molecule has 0 spiro atoms. The van der Waals surface area contributed by atoms with Crippen LogP contribution in [0.15, 0.2) is 40.9 Å². The zero-order chi connectivity index (χ0) is 23.7. The summed E-state index contributed by atoms with van der Waals surface area (Å²) in [5.41, 5.74) is 7.93. The average Bonchev–Trinajstić information content (AvgIpc) is 2.74. The molecule has 3 N–H and O–H groups in total. The third-order valence-electron chi connectivity index (χ3n) is 4.82. The molecule has 0 atom stereocenters. The predicted molar refractivity (Wildman–Crippen MR) is 128 cm³/mol. The standard InChI is InChI=1S/C24H30BrN3O4/c1-15(2)11-12-32-21-8-6-18(25)14-20(21)24(31)28-27-23(30)10-9-22(29)26-19-7-5-16(3)17(4)13-19/h5-8,13-15H,9-12H2,1-4H3,(H,26,29)(H,27,30)(H,28,31). The van der Waals surface area contributed by atoms with Gasteiger partial charge in [-0.15, -0.1) is 0 Å². The largest absolute Gasteiger partial charge is 0.493 e. The molecule has 8 heteroatoms. The van der Waals surface area contributed by atoms with Gasteiger partial charge in [-0.2, -0.15) is 0 Å². The summed E-state index contributed by atoms with van der Waals surface area (Å²) in [4.78, 5) is 36.7. The average molecular weight is 504 g/mol. The van der Waals surface area contributed by atoms with E-state index < -0.39 is 11.8 Å². The van der Waals surface area contributed by atoms with E-state index in [1.54, 1.807) is 18.2 Å². The maximum atomic E-state index is 12.6. The molecular weight excluding hydrogens is 474 g/mol. The number of hydrogen-bond donors (Lipinski definition) is 3. The highest BCUT2D eigenvalue weighted by Gasteiger charge is 2.15. The van der Waals surface area contributed by atoms with Crippen LogP contribution in [0.4, 0.5) is 5.69 Å². The lowest BCUT2D eigenvalue weighted by Gasteiger charge is -2.13. The lowest BCUT2D eigenvalue weighted by molar-refractivity contribution is -0.124. The van der Waals surface area contributed by atoms with E-state index in [9.17, 15) is 14.4 Å². The molecule has 0 bridgehead atoms. The lowest BCUT2D eigenvalue weighted by atomic mass is 10.1. The first-order valence-corrected chi connectivity index (χ1v) is 11.3. The van der Waals surface area contributed by atoms with Crippen molar-refractivity contribution in [2.24, 2.45) is 5.92 Å². The van der Waals surface area contributed by atoms with E-state index in [0.717, 1.165) is 17.5 Å². The van der Waals surface area contributed by atoms with Crippen LogP contribution in [-0.2, 0) is 9.59 Å². The van der Waals surface area contributed by atoms with Crippen LogP contribution in [0.1, 0.15) is 54.6 Å². The Morgan fingerprint density at radius 1 is 0.938 bits per heavy atom. The lowest BCUT2D eigenvalue weighted by Crippen LogP contribution is -2.42. The van der Waals surface area contributed by atoms with Crippen molar-refractivity contribution in [3.05, 3.63) is 57.6 Å². The molecule has 7 nitrogen and oxygen atoms in total. The van der Waals surface area contributed by atoms with Crippen molar-refractivity contribution >= 4 is 39.3 Å². The third kappa shape index (κ3) is 8.34. The van der Waals surface area contributed by atoms with Gasteiger partial charge in [0.25, 0.3) is 5.91 Å². The minimum absolute atomic E-state index is 0.00488. The van der Waals surface area contributed by atoms with E-state index in [4.69, 9.17) is 4.74 Å². The van der Waals surface area contributed by atoms with Crippen LogP contribution in [0.3, 0.4) is 0 Å². The number of benzene rings is 2. The quantitative estimate of drug-likeness (QED) is 0.433. The summed E-state index contributed by atoms with van der Waals surface area (Å²) >= 11 is 3.34. The summed E-state index contributed by atoms with van der Waals surface area (Å²) in [6.45, 7) is 8.63. The zero-order valence-corrected chi connectivity index (χ0v) is 20.5. The van der Waals surface area contributed by atoms with Crippen molar-refractivity contribution in [1.82, 2.24) is 10.9 Å². The van der Waals surface area contributed by atoms with Crippen LogP contribution in [0.2, 0.25) is 0 Å². The second-order valence-electron chi connectivity index (χ2n) is 8.02. The number of hydrazine groups is 1. The summed E-state index contributed by atoms with van der Waals surface area (Å²) in [5, 5.41) is 2.77. The number of anilines is 1. The van der Waals surface area contributed by atoms with Crippen LogP contribution in [0, 0.1) is 19.8 Å². The molecule has 0 fully saturated rings. The van der Waals surface area contributed by atoms with Crippen molar-refractivity contribution in [3.63, 3.8) is 0 Å². The molecule has 0 aliphatic heterocycles. The number of nitrogens with one attached hydrogen (secondary N) is 3. The monoisotopic (exact) mass is 503 g/mol. The molecule has 0 unspecified atom stereocenters. The third-order valence-corrected chi connectivity index (χ3v) is 5.32. The molecule has 2 aromatic carbocycles. The maximum Gasteiger partial charge on any atom is 0.273 e. The normalized spacial score (nSPS) is 10.6. The minimum Gasteiger partial charge on any atom is -0.493 e. The number of carbonyl (C=O) groups is 3. The predicted octanol–water partition coefficient (Wildman–Crippen LogP) is 4.67. The van der Waals surface area contributed by atoms with Crippen LogP contribution in [-0.4, -0.2) is 24.3 Å². The molecular formula is C24H30BrN3O4. The number of rotatable bonds is 9. The van der Waals surface area contributed by atoms with E-state index in [1.807, 2.05) is 32.0 Å². The highest BCUT2D eigenvalue weighted by Crippen LogP contribution is 2.23. The first-order valence-electron chi connectivity index (χ1n) is 10.5. The number of halogens is 1. The molecule has 0 aliphatic carbocycles. The van der Waals surface area contributed by atoms with Gasteiger partial charge in [0.05, 0.1) is 12.2 Å². The minimum atomic E-state index is -0.501. The van der Waals surface area contributed by atoms with Gasteiger partial charge in [-0.1, -0.05) is 35.8 Å². The van der Waals surface area contributed by atoms with Gasteiger partial charge in [0.15, 0.2) is 0 Å². The van der Waals surface area contributed by atoms with Crippen molar-refractivity contribution in [3.8, 4) is 5.75 Å². The molecule has 0 heterocycles. The molecule has 172 valence electrons. The topological polar surface area (TPSA) is 96.5 Å². The Balaban J connectivity index is 1.83. The van der Waals surface area contributed by atoms with Crippen molar-refractivity contribution in [1.29, 1.82) is 0 Å². The van der Waals surface area contributed by atoms with Crippen LogP contribution < -0.4 is 20.9 Å². The second-order valence-corrected chi connectivity index (χ2v) is 8.94. The maximum absolute atomic E-state index is 12.6. The summed E-state index contributed by atoms with van der Waals surface area (Å²) < 4.78 is 6.45. The summed E-state index contributed by atoms with van der Waals surface area (Å²) in [7, 11) is 0. The Labute approximate surface area is 197 Å². The Hall–Kier alpha value is -2.87. The molecule has 2 aromatic rings. The number of ether oxygens (including phenoxy) is 1. The van der Waals surface area contributed by atoms with Crippen LogP contribution >= 0.6 is 15.9 Å². The van der Waals surface area contributed by atoms with Crippen molar-refractivity contribution in [2.75, 3.05) is 11.9 Å². The van der Waals surface area contributed by atoms with Crippen LogP contribution in [0.5, 0.6) is 5.75 Å². The number of amides is 3. The summed E-state index contributed by atoms with van der Waals surface area (Å²) in [5.74, 6) is -0.324. The van der Waals surface area contributed by atoms with Gasteiger partial charge in [0.1, 0.15) is 5.75 Å². The van der Waals surface area contributed by atoms with E-state index >= 15 is 0 Å². The van der Waals surface area contributed by atoms with Crippen LogP contribution in [0.25, 0.3) is 0 Å². The number of carbonyl (C=O) groups excluding carboxylic acids is 3. The fraction of sp³-hybridized carbons (Fsp3) is 0.375. The van der Waals surface area contributed by atoms with Gasteiger partial charge in [0, 0.05) is 23.0 Å². The molecule has 0 radical (unpaired) electrons. The highest BCUT2D eigenvalue weighted by molar-refractivity contribution is 9.10. The first kappa shape index (κ1) is 25.4. The van der Waals surface area contributed by atoms with E-state index in [-0.39, 0.29) is 18.7 Å². The van der Waals surface area contributed by atoms with E-state index in [0.29, 0.717) is 34.0 Å². The SMILES string of the molecule is Cc1ccc(NC(=O)CCC(=O)NNC(=O)c2cc(Br)ccc2OCCC(C)C)cc1C. The van der Waals surface area contributed by atoms with Gasteiger partial charge in [-0.3, -0.25) is 25.2 Å². The molecule has 0 aromatic heterocycles. The smallest absolute Gasteiger partial charge is 0.273 e. The first-order chi connectivity index (χ1) is 15.2. The second kappa shape index (κ2) is 12.2. The van der Waals surface area contributed by atoms with E-state index in [2.05, 4.69) is 45.9 Å². The van der Waals surface area contributed by atoms with Gasteiger partial charge in [-0.25, -0.2) is 0 Å². The fourth-order valence-corrected chi connectivity index (χ4v) is 3.10. The summed E-state index contributed by atoms with van der Waals surface area (Å²) in [6.07, 6.45) is 0.792. The molecule has 0 saturated carbocycles. The Bertz CT molecular complexity index is 976. The molecule has 0 aliphatic rings.